The van der Waals surface area contributed by atoms with E-state index in [4.69, 9.17) is 4.74 Å². The van der Waals surface area contributed by atoms with Crippen molar-refractivity contribution in [1.82, 2.24) is 4.98 Å². The van der Waals surface area contributed by atoms with Gasteiger partial charge in [0.2, 0.25) is 0 Å². The van der Waals surface area contributed by atoms with Gasteiger partial charge in [-0.05, 0) is 30.7 Å². The van der Waals surface area contributed by atoms with Crippen molar-refractivity contribution in [2.24, 2.45) is 0 Å². The SMILES string of the molecule is CCCCNc1ccc(NC(=O)c2ccccc2OC)cn1. The van der Waals surface area contributed by atoms with Crippen LogP contribution in [0, 0.1) is 0 Å². The number of rotatable bonds is 7. The highest BCUT2D eigenvalue weighted by atomic mass is 16.5. The molecule has 0 aliphatic rings. The van der Waals surface area contributed by atoms with Crippen LogP contribution in [0.15, 0.2) is 42.6 Å². The molecular weight excluding hydrogens is 278 g/mol. The first kappa shape index (κ1) is 15.8. The molecule has 0 fully saturated rings. The average molecular weight is 299 g/mol. The zero-order valence-corrected chi connectivity index (χ0v) is 12.9. The number of unbranched alkanes of at least 4 members (excludes halogenated alkanes) is 1. The molecular formula is C17H21N3O2. The van der Waals surface area contributed by atoms with Crippen molar-refractivity contribution >= 4 is 17.4 Å². The van der Waals surface area contributed by atoms with Gasteiger partial charge in [0.1, 0.15) is 11.6 Å². The van der Waals surface area contributed by atoms with Crippen molar-refractivity contribution in [2.45, 2.75) is 19.8 Å². The smallest absolute Gasteiger partial charge is 0.259 e. The minimum absolute atomic E-state index is 0.217. The molecule has 0 unspecified atom stereocenters. The van der Waals surface area contributed by atoms with E-state index < -0.39 is 0 Å². The van der Waals surface area contributed by atoms with Crippen molar-refractivity contribution in [3.05, 3.63) is 48.2 Å². The number of carbonyl (C=O) groups excluding carboxylic acids is 1. The maximum Gasteiger partial charge on any atom is 0.259 e. The van der Waals surface area contributed by atoms with Crippen LogP contribution in [0.2, 0.25) is 0 Å². The lowest BCUT2D eigenvalue weighted by Crippen LogP contribution is -2.13. The van der Waals surface area contributed by atoms with Crippen LogP contribution >= 0.6 is 0 Å². The Morgan fingerprint density at radius 2 is 2.05 bits per heavy atom. The van der Waals surface area contributed by atoms with Gasteiger partial charge in [0, 0.05) is 6.54 Å². The summed E-state index contributed by atoms with van der Waals surface area (Å²) >= 11 is 0. The summed E-state index contributed by atoms with van der Waals surface area (Å²) in [6.45, 7) is 3.04. The second-order valence-corrected chi connectivity index (χ2v) is 4.87. The Labute approximate surface area is 130 Å². The van der Waals surface area contributed by atoms with Crippen LogP contribution in [0.25, 0.3) is 0 Å². The molecule has 1 aromatic carbocycles. The Bertz CT molecular complexity index is 612. The van der Waals surface area contributed by atoms with E-state index in [1.54, 1.807) is 31.5 Å². The fourth-order valence-electron chi connectivity index (χ4n) is 2.00. The summed E-state index contributed by atoms with van der Waals surface area (Å²) in [5, 5.41) is 6.05. The van der Waals surface area contributed by atoms with Gasteiger partial charge in [-0.25, -0.2) is 4.98 Å². The molecule has 5 nitrogen and oxygen atoms in total. The molecule has 1 heterocycles. The molecule has 0 aliphatic carbocycles. The maximum absolute atomic E-state index is 12.3. The number of benzene rings is 1. The fraction of sp³-hybridized carbons (Fsp3) is 0.294. The molecule has 22 heavy (non-hydrogen) atoms. The Morgan fingerprint density at radius 3 is 2.73 bits per heavy atom. The number of carbonyl (C=O) groups is 1. The third kappa shape index (κ3) is 4.22. The summed E-state index contributed by atoms with van der Waals surface area (Å²) in [5.74, 6) is 1.14. The van der Waals surface area contributed by atoms with Gasteiger partial charge in [0.25, 0.3) is 5.91 Å². The van der Waals surface area contributed by atoms with E-state index in [2.05, 4.69) is 22.5 Å². The second-order valence-electron chi connectivity index (χ2n) is 4.87. The van der Waals surface area contributed by atoms with Gasteiger partial charge in [-0.2, -0.15) is 0 Å². The van der Waals surface area contributed by atoms with Gasteiger partial charge in [-0.15, -0.1) is 0 Å². The van der Waals surface area contributed by atoms with Gasteiger partial charge in [-0.1, -0.05) is 25.5 Å². The first-order valence-corrected chi connectivity index (χ1v) is 7.39. The molecule has 116 valence electrons. The normalized spacial score (nSPS) is 10.1. The number of hydrogen-bond acceptors (Lipinski definition) is 4. The highest BCUT2D eigenvalue weighted by molar-refractivity contribution is 6.06. The van der Waals surface area contributed by atoms with Gasteiger partial charge < -0.3 is 15.4 Å². The molecule has 0 spiro atoms. The number of ether oxygens (including phenoxy) is 1. The highest BCUT2D eigenvalue weighted by Gasteiger charge is 2.11. The predicted molar refractivity (Wildman–Crippen MR) is 88.6 cm³/mol. The predicted octanol–water partition coefficient (Wildman–Crippen LogP) is 3.55. The third-order valence-corrected chi connectivity index (χ3v) is 3.21. The van der Waals surface area contributed by atoms with E-state index in [1.807, 2.05) is 18.2 Å². The molecule has 0 aliphatic heterocycles. The first-order valence-electron chi connectivity index (χ1n) is 7.39. The summed E-state index contributed by atoms with van der Waals surface area (Å²) < 4.78 is 5.19. The molecule has 1 amide bonds. The Hall–Kier alpha value is -2.56. The monoisotopic (exact) mass is 299 g/mol. The lowest BCUT2D eigenvalue weighted by Gasteiger charge is -2.09. The van der Waals surface area contributed by atoms with Crippen molar-refractivity contribution < 1.29 is 9.53 Å². The molecule has 2 aromatic rings. The number of methoxy groups -OCH3 is 1. The van der Waals surface area contributed by atoms with E-state index in [-0.39, 0.29) is 5.91 Å². The van der Waals surface area contributed by atoms with Crippen molar-refractivity contribution in [3.8, 4) is 5.75 Å². The van der Waals surface area contributed by atoms with Crippen LogP contribution in [-0.4, -0.2) is 24.5 Å². The van der Waals surface area contributed by atoms with Crippen molar-refractivity contribution in [1.29, 1.82) is 0 Å². The lowest BCUT2D eigenvalue weighted by molar-refractivity contribution is 0.102. The van der Waals surface area contributed by atoms with Gasteiger partial charge >= 0.3 is 0 Å². The van der Waals surface area contributed by atoms with E-state index in [0.717, 1.165) is 25.2 Å². The number of hydrogen-bond donors (Lipinski definition) is 2. The second kappa shape index (κ2) is 8.02. The van der Waals surface area contributed by atoms with E-state index >= 15 is 0 Å². The van der Waals surface area contributed by atoms with E-state index in [9.17, 15) is 4.79 Å². The van der Waals surface area contributed by atoms with Crippen molar-refractivity contribution in [3.63, 3.8) is 0 Å². The molecule has 5 heteroatoms. The Morgan fingerprint density at radius 1 is 1.23 bits per heavy atom. The van der Waals surface area contributed by atoms with Crippen LogP contribution in [0.5, 0.6) is 5.75 Å². The van der Waals surface area contributed by atoms with Crippen LogP contribution in [0.1, 0.15) is 30.1 Å². The number of nitrogens with one attached hydrogen (secondary N) is 2. The fourth-order valence-corrected chi connectivity index (χ4v) is 2.00. The number of nitrogens with zero attached hydrogens (tertiary/aromatic N) is 1. The van der Waals surface area contributed by atoms with Gasteiger partial charge in [-0.3, -0.25) is 4.79 Å². The van der Waals surface area contributed by atoms with Crippen LogP contribution < -0.4 is 15.4 Å². The molecule has 2 N–H and O–H groups in total. The summed E-state index contributed by atoms with van der Waals surface area (Å²) in [6.07, 6.45) is 3.88. The highest BCUT2D eigenvalue weighted by Crippen LogP contribution is 2.19. The summed E-state index contributed by atoms with van der Waals surface area (Å²) in [6, 6.07) is 10.8. The van der Waals surface area contributed by atoms with E-state index in [1.165, 1.54) is 0 Å². The summed E-state index contributed by atoms with van der Waals surface area (Å²) in [5.41, 5.74) is 1.15. The number of pyridine rings is 1. The average Bonchev–Trinajstić information content (AvgIpc) is 2.56. The van der Waals surface area contributed by atoms with E-state index in [0.29, 0.717) is 17.0 Å². The number of anilines is 2. The Kier molecular flexibility index (Phi) is 5.77. The largest absolute Gasteiger partial charge is 0.496 e. The quantitative estimate of drug-likeness (QED) is 0.767. The summed E-state index contributed by atoms with van der Waals surface area (Å²) in [4.78, 5) is 16.5. The zero-order valence-electron chi connectivity index (χ0n) is 12.9. The number of para-hydroxylation sites is 1. The van der Waals surface area contributed by atoms with Crippen LogP contribution in [0.4, 0.5) is 11.5 Å². The summed E-state index contributed by atoms with van der Waals surface area (Å²) in [7, 11) is 1.55. The standard InChI is InChI=1S/C17H21N3O2/c1-3-4-11-18-16-10-9-13(12-19-16)20-17(21)14-7-5-6-8-15(14)22-2/h5-10,12H,3-4,11H2,1-2H3,(H,18,19)(H,20,21). The molecule has 0 saturated heterocycles. The topological polar surface area (TPSA) is 63.2 Å². The molecule has 0 bridgehead atoms. The molecule has 0 atom stereocenters. The first-order chi connectivity index (χ1) is 10.7. The van der Waals surface area contributed by atoms with Crippen molar-refractivity contribution in [2.75, 3.05) is 24.3 Å². The molecule has 1 aromatic heterocycles. The molecule has 0 saturated carbocycles. The Balaban J connectivity index is 1.99. The zero-order chi connectivity index (χ0) is 15.8. The molecule has 2 rings (SSSR count). The third-order valence-electron chi connectivity index (χ3n) is 3.21. The minimum Gasteiger partial charge on any atom is -0.496 e. The van der Waals surface area contributed by atoms with Gasteiger partial charge in [0.15, 0.2) is 0 Å². The van der Waals surface area contributed by atoms with Crippen LogP contribution in [-0.2, 0) is 0 Å². The number of aromatic nitrogens is 1. The minimum atomic E-state index is -0.217. The number of amides is 1. The molecule has 0 radical (unpaired) electrons. The van der Waals surface area contributed by atoms with Crippen LogP contribution in [0.3, 0.4) is 0 Å². The lowest BCUT2D eigenvalue weighted by atomic mass is 10.2. The maximum atomic E-state index is 12.3. The van der Waals surface area contributed by atoms with Gasteiger partial charge in [0.05, 0.1) is 24.6 Å².